The van der Waals surface area contributed by atoms with Crippen molar-refractivity contribution in [2.75, 3.05) is 0 Å². The molecule has 0 aliphatic rings. The van der Waals surface area contributed by atoms with Crippen LogP contribution in [0.4, 0.5) is 13.2 Å². The van der Waals surface area contributed by atoms with Crippen molar-refractivity contribution in [3.63, 3.8) is 0 Å². The molecule has 2 heterocycles. The molecule has 296 valence electrons. The molecule has 6 heteroatoms. The van der Waals surface area contributed by atoms with Gasteiger partial charge in [-0.2, -0.15) is 18.4 Å². The minimum absolute atomic E-state index is 0.398. The average molecular weight is 800 g/mol. The van der Waals surface area contributed by atoms with Crippen molar-refractivity contribution in [2.24, 2.45) is 0 Å². The first-order valence-electron chi connectivity index (χ1n) is 20.4. The number of aromatic nitrogens is 2. The van der Waals surface area contributed by atoms with Crippen molar-refractivity contribution in [1.29, 1.82) is 5.26 Å². The second-order valence-electron chi connectivity index (χ2n) is 16.5. The molecule has 0 saturated carbocycles. The third-order valence-corrected chi connectivity index (χ3v) is 11.9. The van der Waals surface area contributed by atoms with Gasteiger partial charge in [0.25, 0.3) is 0 Å². The number of fused-ring (bicyclic) bond motifs is 6. The van der Waals surface area contributed by atoms with Gasteiger partial charge >= 0.3 is 6.18 Å². The van der Waals surface area contributed by atoms with Gasteiger partial charge in [0, 0.05) is 21.5 Å². The Morgan fingerprint density at radius 3 is 1.20 bits per heavy atom. The van der Waals surface area contributed by atoms with Gasteiger partial charge in [-0.15, -0.1) is 0 Å². The lowest BCUT2D eigenvalue weighted by Gasteiger charge is -2.19. The standard InChI is InChI=1S/C55H40F3N3/c1-32-18-33(2)21-39(20-32)37-14-16-51-46(27-37)44-10-6-8-12-49(44)60(51)53-29-42(41-24-36(5)25-43(26-41)55(56,57)58)30-54(48(53)31-59)61-50-13-9-7-11-45(50)47-28-38(15-17-52(47)61)40-22-34(3)19-35(4)23-40/h6-30H,1-5H3. The van der Waals surface area contributed by atoms with E-state index in [-0.39, 0.29) is 0 Å². The van der Waals surface area contributed by atoms with E-state index < -0.39 is 11.7 Å². The van der Waals surface area contributed by atoms with Crippen LogP contribution >= 0.6 is 0 Å². The van der Waals surface area contributed by atoms with Gasteiger partial charge in [-0.25, -0.2) is 0 Å². The maximum absolute atomic E-state index is 14.4. The molecule has 0 fully saturated rings. The lowest BCUT2D eigenvalue weighted by Crippen LogP contribution is -2.07. The van der Waals surface area contributed by atoms with Crippen molar-refractivity contribution < 1.29 is 13.2 Å². The van der Waals surface area contributed by atoms with Crippen LogP contribution < -0.4 is 0 Å². The van der Waals surface area contributed by atoms with E-state index in [1.54, 1.807) is 13.0 Å². The van der Waals surface area contributed by atoms with Crippen LogP contribution in [0.15, 0.2) is 152 Å². The molecule has 0 radical (unpaired) electrons. The minimum Gasteiger partial charge on any atom is -0.308 e. The quantitative estimate of drug-likeness (QED) is 0.171. The fourth-order valence-electron chi connectivity index (χ4n) is 9.47. The number of halogens is 3. The number of alkyl halides is 3. The van der Waals surface area contributed by atoms with Crippen LogP contribution in [0, 0.1) is 45.9 Å². The van der Waals surface area contributed by atoms with Crippen LogP contribution in [0.1, 0.15) is 38.9 Å². The zero-order valence-corrected chi connectivity index (χ0v) is 34.4. The van der Waals surface area contributed by atoms with Gasteiger partial charge in [-0.3, -0.25) is 0 Å². The van der Waals surface area contributed by atoms with Crippen LogP contribution in [0.5, 0.6) is 0 Å². The lowest BCUT2D eigenvalue weighted by atomic mass is 9.96. The molecule has 61 heavy (non-hydrogen) atoms. The van der Waals surface area contributed by atoms with Crippen LogP contribution in [0.25, 0.3) is 88.4 Å². The van der Waals surface area contributed by atoms with Gasteiger partial charge in [0.1, 0.15) is 11.6 Å². The number of nitrogens with zero attached hydrogens (tertiary/aromatic N) is 3. The van der Waals surface area contributed by atoms with Crippen LogP contribution in [0.2, 0.25) is 0 Å². The Balaban J connectivity index is 1.30. The topological polar surface area (TPSA) is 33.6 Å². The highest BCUT2D eigenvalue weighted by atomic mass is 19.4. The highest BCUT2D eigenvalue weighted by Gasteiger charge is 2.31. The largest absolute Gasteiger partial charge is 0.416 e. The van der Waals surface area contributed by atoms with Gasteiger partial charge in [0.15, 0.2) is 0 Å². The van der Waals surface area contributed by atoms with Crippen molar-refractivity contribution >= 4 is 43.6 Å². The number of rotatable bonds is 5. The first kappa shape index (κ1) is 37.9. The summed E-state index contributed by atoms with van der Waals surface area (Å²) in [7, 11) is 0. The highest BCUT2D eigenvalue weighted by molar-refractivity contribution is 6.12. The normalized spacial score (nSPS) is 11.9. The van der Waals surface area contributed by atoms with Crippen LogP contribution in [0.3, 0.4) is 0 Å². The zero-order valence-electron chi connectivity index (χ0n) is 34.4. The monoisotopic (exact) mass is 799 g/mol. The molecular formula is C55H40F3N3. The van der Waals surface area contributed by atoms with E-state index in [9.17, 15) is 18.4 Å². The summed E-state index contributed by atoms with van der Waals surface area (Å²) in [5.41, 5.74) is 14.9. The average Bonchev–Trinajstić information content (AvgIpc) is 3.74. The lowest BCUT2D eigenvalue weighted by molar-refractivity contribution is -0.137. The van der Waals surface area contributed by atoms with Crippen molar-refractivity contribution in [3.05, 3.63) is 191 Å². The molecule has 0 aliphatic carbocycles. The maximum atomic E-state index is 14.4. The van der Waals surface area contributed by atoms with Gasteiger partial charge in [0.05, 0.1) is 39.0 Å². The van der Waals surface area contributed by atoms with Gasteiger partial charge in [0.2, 0.25) is 0 Å². The molecule has 0 spiro atoms. The molecule has 10 aromatic rings. The SMILES string of the molecule is Cc1cc(C)cc(-c2ccc3c(c2)c2ccccc2n3-c2cc(-c3cc(C)cc(C(F)(F)F)c3)cc(-n3c4ccccc4c4cc(-c5cc(C)cc(C)c5)ccc43)c2C#N)c1. The molecule has 0 atom stereocenters. The molecule has 0 unspecified atom stereocenters. The summed E-state index contributed by atoms with van der Waals surface area (Å²) in [5, 5.41) is 15.4. The number of aryl methyl sites for hydroxylation is 5. The van der Waals surface area contributed by atoms with Gasteiger partial charge < -0.3 is 9.13 Å². The number of para-hydroxylation sites is 2. The summed E-state index contributed by atoms with van der Waals surface area (Å²) in [6.45, 7) is 10.1. The summed E-state index contributed by atoms with van der Waals surface area (Å²) in [5.74, 6) is 0. The molecular weight excluding hydrogens is 760 g/mol. The van der Waals surface area contributed by atoms with Crippen molar-refractivity contribution in [2.45, 2.75) is 40.8 Å². The summed E-state index contributed by atoms with van der Waals surface area (Å²) in [6, 6.07) is 52.7. The number of hydrogen-bond donors (Lipinski definition) is 0. The van der Waals surface area contributed by atoms with E-state index in [2.05, 4.69) is 128 Å². The van der Waals surface area contributed by atoms with Crippen LogP contribution in [-0.2, 0) is 6.18 Å². The van der Waals surface area contributed by atoms with E-state index in [1.807, 2.05) is 48.5 Å². The van der Waals surface area contributed by atoms with E-state index in [1.165, 1.54) is 34.4 Å². The molecule has 0 amide bonds. The molecule has 8 aromatic carbocycles. The first-order chi connectivity index (χ1) is 29.3. The predicted octanol–water partition coefficient (Wildman–Crippen LogP) is 15.3. The fourth-order valence-corrected chi connectivity index (χ4v) is 9.47. The Bertz CT molecular complexity index is 3250. The van der Waals surface area contributed by atoms with E-state index in [4.69, 9.17) is 0 Å². The summed E-state index contributed by atoms with van der Waals surface area (Å²) in [4.78, 5) is 0. The zero-order chi connectivity index (χ0) is 42.3. The first-order valence-corrected chi connectivity index (χ1v) is 20.4. The van der Waals surface area contributed by atoms with E-state index in [0.29, 0.717) is 33.6 Å². The summed E-state index contributed by atoms with van der Waals surface area (Å²) < 4.78 is 47.5. The fraction of sp³-hybridized carbons (Fsp3) is 0.109. The third kappa shape index (κ3) is 6.45. The Morgan fingerprint density at radius 1 is 0.393 bits per heavy atom. The second-order valence-corrected chi connectivity index (χ2v) is 16.5. The molecule has 0 bridgehead atoms. The molecule has 0 N–H and O–H groups in total. The number of nitriles is 1. The maximum Gasteiger partial charge on any atom is 0.416 e. The van der Waals surface area contributed by atoms with Gasteiger partial charge in [-0.05, 0) is 134 Å². The second kappa shape index (κ2) is 14.1. The minimum atomic E-state index is -4.54. The molecule has 3 nitrogen and oxygen atoms in total. The number of hydrogen-bond acceptors (Lipinski definition) is 1. The van der Waals surface area contributed by atoms with Crippen molar-refractivity contribution in [1.82, 2.24) is 9.13 Å². The Morgan fingerprint density at radius 2 is 0.770 bits per heavy atom. The van der Waals surface area contributed by atoms with Crippen molar-refractivity contribution in [3.8, 4) is 50.8 Å². The molecule has 0 saturated heterocycles. The van der Waals surface area contributed by atoms with Gasteiger partial charge in [-0.1, -0.05) is 113 Å². The molecule has 0 aliphatic heterocycles. The molecule has 2 aromatic heterocycles. The highest BCUT2D eigenvalue weighted by Crippen LogP contribution is 2.43. The smallest absolute Gasteiger partial charge is 0.308 e. The summed E-state index contributed by atoms with van der Waals surface area (Å²) >= 11 is 0. The Kier molecular flexibility index (Phi) is 8.78. The third-order valence-electron chi connectivity index (χ3n) is 11.9. The predicted molar refractivity (Wildman–Crippen MR) is 245 cm³/mol. The van der Waals surface area contributed by atoms with E-state index >= 15 is 0 Å². The Labute approximate surface area is 352 Å². The number of benzene rings is 8. The Hall–Kier alpha value is -7.36. The summed E-state index contributed by atoms with van der Waals surface area (Å²) in [6.07, 6.45) is -4.54. The van der Waals surface area contributed by atoms with E-state index in [0.717, 1.165) is 65.9 Å². The molecule has 10 rings (SSSR count). The van der Waals surface area contributed by atoms with Crippen LogP contribution in [-0.4, -0.2) is 9.13 Å².